The lowest BCUT2D eigenvalue weighted by molar-refractivity contribution is 0.152. The third kappa shape index (κ3) is 1.91. The van der Waals surface area contributed by atoms with Gasteiger partial charge >= 0.3 is 5.76 Å². The third-order valence-corrected chi connectivity index (χ3v) is 1.33. The fraction of sp³-hybridized carbons (Fsp3) is 0.667. The summed E-state index contributed by atoms with van der Waals surface area (Å²) < 4.78 is 4.21. The van der Waals surface area contributed by atoms with E-state index < -0.39 is 11.9 Å². The summed E-state index contributed by atoms with van der Waals surface area (Å²) in [7, 11) is 0. The summed E-state index contributed by atoms with van der Waals surface area (Å²) in [5.74, 6) is -0.424. The molecule has 0 saturated heterocycles. The Balaban J connectivity index is 2.68. The van der Waals surface area contributed by atoms with E-state index in [1.807, 2.05) is 6.92 Å². The number of nitrogens with zero attached hydrogens (tertiary/aromatic N) is 1. The zero-order valence-corrected chi connectivity index (χ0v) is 6.20. The van der Waals surface area contributed by atoms with Gasteiger partial charge in [0.25, 0.3) is 0 Å². The van der Waals surface area contributed by atoms with Gasteiger partial charge in [0.1, 0.15) is 6.10 Å². The van der Waals surface area contributed by atoms with Crippen molar-refractivity contribution in [3.63, 3.8) is 0 Å². The van der Waals surface area contributed by atoms with E-state index in [1.54, 1.807) is 0 Å². The first-order valence-electron chi connectivity index (χ1n) is 3.48. The summed E-state index contributed by atoms with van der Waals surface area (Å²) in [4.78, 5) is 12.7. The summed E-state index contributed by atoms with van der Waals surface area (Å²) in [5.41, 5.74) is 0. The van der Waals surface area contributed by atoms with E-state index in [0.717, 1.165) is 6.42 Å². The van der Waals surface area contributed by atoms with Crippen molar-refractivity contribution in [3.8, 4) is 0 Å². The molecule has 2 N–H and O–H groups in total. The zero-order chi connectivity index (χ0) is 8.27. The average molecular weight is 158 g/mol. The van der Waals surface area contributed by atoms with Gasteiger partial charge in [-0.15, -0.1) is 0 Å². The van der Waals surface area contributed by atoms with Gasteiger partial charge in [-0.25, -0.2) is 4.79 Å². The van der Waals surface area contributed by atoms with E-state index in [0.29, 0.717) is 6.42 Å². The molecule has 0 amide bonds. The number of aromatic nitrogens is 2. The Morgan fingerprint density at radius 3 is 3.00 bits per heavy atom. The van der Waals surface area contributed by atoms with Crippen LogP contribution >= 0.6 is 0 Å². The lowest BCUT2D eigenvalue weighted by Gasteiger charge is -2.01. The Hall–Kier alpha value is -1.10. The predicted octanol–water partition coefficient (Wildman–Crippen LogP) is 0.196. The highest BCUT2D eigenvalue weighted by Gasteiger charge is 2.10. The van der Waals surface area contributed by atoms with Gasteiger partial charge in [-0.3, -0.25) is 9.51 Å². The van der Waals surface area contributed by atoms with Crippen molar-refractivity contribution in [3.05, 3.63) is 16.4 Å². The Kier molecular flexibility index (Phi) is 2.43. The topological polar surface area (TPSA) is 79.1 Å². The van der Waals surface area contributed by atoms with Crippen molar-refractivity contribution in [2.75, 3.05) is 0 Å². The van der Waals surface area contributed by atoms with E-state index in [9.17, 15) is 9.90 Å². The molecule has 0 bridgehead atoms. The second kappa shape index (κ2) is 3.34. The number of hydrogen-bond donors (Lipinski definition) is 2. The summed E-state index contributed by atoms with van der Waals surface area (Å²) in [5, 5.41) is 12.6. The fourth-order valence-electron chi connectivity index (χ4n) is 0.795. The molecule has 1 atom stereocenters. The highest BCUT2D eigenvalue weighted by Crippen LogP contribution is 2.11. The lowest BCUT2D eigenvalue weighted by Crippen LogP contribution is -2.02. The monoisotopic (exact) mass is 158 g/mol. The van der Waals surface area contributed by atoms with Crippen LogP contribution in [-0.4, -0.2) is 15.2 Å². The third-order valence-electron chi connectivity index (χ3n) is 1.33. The minimum absolute atomic E-state index is 0.205. The molecule has 0 radical (unpaired) electrons. The molecule has 0 aliphatic carbocycles. The molecule has 5 heteroatoms. The number of H-pyrrole nitrogens is 1. The highest BCUT2D eigenvalue weighted by molar-refractivity contribution is 4.83. The van der Waals surface area contributed by atoms with Crippen LogP contribution in [0.25, 0.3) is 0 Å². The van der Waals surface area contributed by atoms with E-state index in [-0.39, 0.29) is 5.82 Å². The maximum absolute atomic E-state index is 10.4. The molecular formula is C6H10N2O3. The highest BCUT2D eigenvalue weighted by atomic mass is 16.5. The van der Waals surface area contributed by atoms with Gasteiger partial charge in [-0.1, -0.05) is 18.5 Å². The molecule has 1 heterocycles. The van der Waals surface area contributed by atoms with Crippen LogP contribution < -0.4 is 5.76 Å². The number of aliphatic hydroxyl groups excluding tert-OH is 1. The maximum Gasteiger partial charge on any atom is 0.438 e. The Morgan fingerprint density at radius 1 is 1.82 bits per heavy atom. The Morgan fingerprint density at radius 2 is 2.55 bits per heavy atom. The number of rotatable bonds is 3. The second-order valence-corrected chi connectivity index (χ2v) is 2.28. The number of hydrogen-bond acceptors (Lipinski definition) is 4. The molecule has 62 valence electrons. The van der Waals surface area contributed by atoms with Gasteiger partial charge in [-0.05, 0) is 6.42 Å². The van der Waals surface area contributed by atoms with Crippen molar-refractivity contribution >= 4 is 0 Å². The first kappa shape index (κ1) is 8.00. The van der Waals surface area contributed by atoms with Crippen molar-refractivity contribution in [1.29, 1.82) is 0 Å². The first-order chi connectivity index (χ1) is 5.24. The molecule has 0 fully saturated rings. The van der Waals surface area contributed by atoms with Gasteiger partial charge in [0.05, 0.1) is 0 Å². The molecule has 1 aromatic heterocycles. The maximum atomic E-state index is 10.4. The summed E-state index contributed by atoms with van der Waals surface area (Å²) >= 11 is 0. The summed E-state index contributed by atoms with van der Waals surface area (Å²) in [6.45, 7) is 1.93. The molecule has 11 heavy (non-hydrogen) atoms. The fourth-order valence-corrected chi connectivity index (χ4v) is 0.795. The van der Waals surface area contributed by atoms with Crippen molar-refractivity contribution in [2.24, 2.45) is 0 Å². The molecule has 0 aliphatic rings. The number of aliphatic hydroxyl groups is 1. The summed E-state index contributed by atoms with van der Waals surface area (Å²) in [6, 6.07) is 0. The molecule has 0 aromatic carbocycles. The number of aromatic amines is 1. The number of nitrogens with one attached hydrogen (secondary N) is 1. The van der Waals surface area contributed by atoms with Crippen molar-refractivity contribution < 1.29 is 9.63 Å². The normalized spacial score (nSPS) is 13.3. The standard InChI is InChI=1S/C6H10N2O3/c1-2-3-4(9)5-7-6(10)11-8-5/h4,9H,2-3H2,1H3,(H,7,8,10). The van der Waals surface area contributed by atoms with E-state index in [4.69, 9.17) is 0 Å². The Labute approximate surface area is 63.0 Å². The smallest absolute Gasteiger partial charge is 0.385 e. The molecule has 0 saturated carbocycles. The first-order valence-corrected chi connectivity index (χ1v) is 3.48. The van der Waals surface area contributed by atoms with E-state index in [1.165, 1.54) is 0 Å². The van der Waals surface area contributed by atoms with Gasteiger partial charge < -0.3 is 5.11 Å². The van der Waals surface area contributed by atoms with Crippen LogP contribution in [0.5, 0.6) is 0 Å². The molecule has 0 spiro atoms. The molecule has 1 rings (SSSR count). The van der Waals surface area contributed by atoms with Gasteiger partial charge in [0.2, 0.25) is 0 Å². The Bertz CT molecular complexity index is 265. The molecule has 1 unspecified atom stereocenters. The van der Waals surface area contributed by atoms with Crippen LogP contribution in [0.3, 0.4) is 0 Å². The van der Waals surface area contributed by atoms with Gasteiger partial charge in [-0.2, -0.15) is 0 Å². The lowest BCUT2D eigenvalue weighted by atomic mass is 10.2. The van der Waals surface area contributed by atoms with Crippen LogP contribution in [0, 0.1) is 0 Å². The summed E-state index contributed by atoms with van der Waals surface area (Å²) in [6.07, 6.45) is 0.685. The molecule has 5 nitrogen and oxygen atoms in total. The zero-order valence-electron chi connectivity index (χ0n) is 6.20. The van der Waals surface area contributed by atoms with Crippen LogP contribution in [0.15, 0.2) is 9.32 Å². The van der Waals surface area contributed by atoms with Crippen molar-refractivity contribution in [2.45, 2.75) is 25.9 Å². The van der Waals surface area contributed by atoms with E-state index >= 15 is 0 Å². The quantitative estimate of drug-likeness (QED) is 0.658. The average Bonchev–Trinajstić information content (AvgIpc) is 2.36. The largest absolute Gasteiger partial charge is 0.438 e. The van der Waals surface area contributed by atoms with Crippen LogP contribution in [0.2, 0.25) is 0 Å². The van der Waals surface area contributed by atoms with Gasteiger partial charge in [0, 0.05) is 0 Å². The molecular weight excluding hydrogens is 148 g/mol. The van der Waals surface area contributed by atoms with E-state index in [2.05, 4.69) is 14.7 Å². The molecule has 1 aromatic rings. The van der Waals surface area contributed by atoms with Crippen LogP contribution in [0.1, 0.15) is 31.7 Å². The van der Waals surface area contributed by atoms with Crippen molar-refractivity contribution in [1.82, 2.24) is 10.1 Å². The minimum atomic E-state index is -0.716. The van der Waals surface area contributed by atoms with Crippen LogP contribution in [-0.2, 0) is 0 Å². The SMILES string of the molecule is CCCC(O)c1noc(=O)[nH]1. The van der Waals surface area contributed by atoms with Crippen LogP contribution in [0.4, 0.5) is 0 Å². The second-order valence-electron chi connectivity index (χ2n) is 2.28. The minimum Gasteiger partial charge on any atom is -0.385 e. The predicted molar refractivity (Wildman–Crippen MR) is 37.0 cm³/mol. The molecule has 0 aliphatic heterocycles. The van der Waals surface area contributed by atoms with Gasteiger partial charge in [0.15, 0.2) is 5.82 Å².